The van der Waals surface area contributed by atoms with Gasteiger partial charge in [0.1, 0.15) is 0 Å². The summed E-state index contributed by atoms with van der Waals surface area (Å²) in [5, 5.41) is 0. The second-order valence-electron chi connectivity index (χ2n) is 3.19. The summed E-state index contributed by atoms with van der Waals surface area (Å²) >= 11 is 0. The maximum atomic E-state index is 11.4. The van der Waals surface area contributed by atoms with Gasteiger partial charge in [0.15, 0.2) is 0 Å². The molecule has 0 amide bonds. The molecule has 0 aromatic heterocycles. The van der Waals surface area contributed by atoms with Crippen LogP contribution in [0.25, 0.3) is 0 Å². The fourth-order valence-electron chi connectivity index (χ4n) is 1.33. The zero-order chi connectivity index (χ0) is 11.0. The Morgan fingerprint density at radius 1 is 1.36 bits per heavy atom. The summed E-state index contributed by atoms with van der Waals surface area (Å²) in [6.07, 6.45) is 2.72. The Morgan fingerprint density at radius 2 is 2.00 bits per heavy atom. The molecule has 0 spiro atoms. The lowest BCUT2D eigenvalue weighted by atomic mass is 10.0. The van der Waals surface area contributed by atoms with Crippen LogP contribution >= 0.6 is 0 Å². The SMILES string of the molecule is CCOC(=O)C(C)=C(CC)CCCN. The number of rotatable bonds is 6. The normalized spacial score (nSPS) is 12.3. The Balaban J connectivity index is 4.39. The first-order chi connectivity index (χ1) is 6.67. The van der Waals surface area contributed by atoms with Crippen molar-refractivity contribution < 1.29 is 9.53 Å². The molecule has 0 aliphatic carbocycles. The van der Waals surface area contributed by atoms with Crippen molar-refractivity contribution in [3.05, 3.63) is 11.1 Å². The molecule has 0 rings (SSSR count). The lowest BCUT2D eigenvalue weighted by molar-refractivity contribution is -0.138. The van der Waals surface area contributed by atoms with Gasteiger partial charge in [-0.25, -0.2) is 4.79 Å². The second-order valence-corrected chi connectivity index (χ2v) is 3.19. The fraction of sp³-hybridized carbons (Fsp3) is 0.727. The number of hydrogen-bond acceptors (Lipinski definition) is 3. The zero-order valence-corrected chi connectivity index (χ0v) is 9.43. The first-order valence-corrected chi connectivity index (χ1v) is 5.23. The van der Waals surface area contributed by atoms with E-state index in [2.05, 4.69) is 6.92 Å². The van der Waals surface area contributed by atoms with Crippen LogP contribution in [0.3, 0.4) is 0 Å². The molecule has 14 heavy (non-hydrogen) atoms. The van der Waals surface area contributed by atoms with Gasteiger partial charge in [-0.2, -0.15) is 0 Å². The van der Waals surface area contributed by atoms with Crippen molar-refractivity contribution in [2.24, 2.45) is 5.73 Å². The number of ether oxygens (including phenoxy) is 1. The van der Waals surface area contributed by atoms with Crippen LogP contribution in [-0.4, -0.2) is 19.1 Å². The molecule has 3 nitrogen and oxygen atoms in total. The molecule has 3 heteroatoms. The molecule has 0 aromatic rings. The van der Waals surface area contributed by atoms with E-state index >= 15 is 0 Å². The minimum Gasteiger partial charge on any atom is -0.463 e. The summed E-state index contributed by atoms with van der Waals surface area (Å²) in [7, 11) is 0. The molecule has 2 N–H and O–H groups in total. The van der Waals surface area contributed by atoms with Crippen LogP contribution in [0.4, 0.5) is 0 Å². The van der Waals surface area contributed by atoms with Gasteiger partial charge in [0.05, 0.1) is 6.61 Å². The summed E-state index contributed by atoms with van der Waals surface area (Å²) in [4.78, 5) is 11.4. The molecule has 0 saturated heterocycles. The Morgan fingerprint density at radius 3 is 2.43 bits per heavy atom. The molecular weight excluding hydrogens is 178 g/mol. The predicted molar refractivity (Wildman–Crippen MR) is 57.9 cm³/mol. The average molecular weight is 199 g/mol. The molecule has 0 radical (unpaired) electrons. The highest BCUT2D eigenvalue weighted by Crippen LogP contribution is 2.15. The van der Waals surface area contributed by atoms with Gasteiger partial charge >= 0.3 is 5.97 Å². The highest BCUT2D eigenvalue weighted by atomic mass is 16.5. The van der Waals surface area contributed by atoms with Crippen molar-refractivity contribution in [2.75, 3.05) is 13.2 Å². The van der Waals surface area contributed by atoms with Gasteiger partial charge < -0.3 is 10.5 Å². The molecule has 0 aromatic carbocycles. The molecule has 0 heterocycles. The van der Waals surface area contributed by atoms with E-state index in [1.54, 1.807) is 0 Å². The Bertz CT molecular complexity index is 209. The summed E-state index contributed by atoms with van der Waals surface area (Å²) in [5.74, 6) is -0.193. The van der Waals surface area contributed by atoms with Crippen molar-refractivity contribution in [1.29, 1.82) is 0 Å². The largest absolute Gasteiger partial charge is 0.463 e. The molecule has 0 saturated carbocycles. The third kappa shape index (κ3) is 4.42. The smallest absolute Gasteiger partial charge is 0.333 e. The molecular formula is C11H21NO2. The quantitative estimate of drug-likeness (QED) is 0.526. The summed E-state index contributed by atoms with van der Waals surface area (Å²) in [6, 6.07) is 0. The van der Waals surface area contributed by atoms with Gasteiger partial charge in [0.2, 0.25) is 0 Å². The van der Waals surface area contributed by atoms with E-state index in [9.17, 15) is 4.79 Å². The number of esters is 1. The lowest BCUT2D eigenvalue weighted by Gasteiger charge is -2.09. The minimum absolute atomic E-state index is 0.193. The standard InChI is InChI=1S/C11H21NO2/c1-4-10(7-6-8-12)9(3)11(13)14-5-2/h4-8,12H2,1-3H3. The number of allylic oxidation sites excluding steroid dienone is 1. The highest BCUT2D eigenvalue weighted by molar-refractivity contribution is 5.88. The van der Waals surface area contributed by atoms with E-state index in [4.69, 9.17) is 10.5 Å². The van der Waals surface area contributed by atoms with Crippen molar-refractivity contribution >= 4 is 5.97 Å². The average Bonchev–Trinajstić information content (AvgIpc) is 2.19. The Hall–Kier alpha value is -0.830. The maximum absolute atomic E-state index is 11.4. The van der Waals surface area contributed by atoms with Gasteiger partial charge in [0.25, 0.3) is 0 Å². The van der Waals surface area contributed by atoms with E-state index in [0.717, 1.165) is 30.4 Å². The lowest BCUT2D eigenvalue weighted by Crippen LogP contribution is -2.08. The summed E-state index contributed by atoms with van der Waals surface area (Å²) in [6.45, 7) is 6.79. The highest BCUT2D eigenvalue weighted by Gasteiger charge is 2.09. The summed E-state index contributed by atoms with van der Waals surface area (Å²) < 4.78 is 4.94. The monoisotopic (exact) mass is 199 g/mol. The van der Waals surface area contributed by atoms with Gasteiger partial charge in [-0.3, -0.25) is 0 Å². The van der Waals surface area contributed by atoms with Crippen LogP contribution in [0, 0.1) is 0 Å². The van der Waals surface area contributed by atoms with Crippen LogP contribution in [0.1, 0.15) is 40.0 Å². The van der Waals surface area contributed by atoms with E-state index in [1.807, 2.05) is 13.8 Å². The fourth-order valence-corrected chi connectivity index (χ4v) is 1.33. The van der Waals surface area contributed by atoms with Gasteiger partial charge in [-0.1, -0.05) is 12.5 Å². The Kier molecular flexibility index (Phi) is 7.11. The van der Waals surface area contributed by atoms with Crippen LogP contribution in [0.2, 0.25) is 0 Å². The number of carbonyl (C=O) groups excluding carboxylic acids is 1. The van der Waals surface area contributed by atoms with Crippen LogP contribution in [0.15, 0.2) is 11.1 Å². The van der Waals surface area contributed by atoms with Crippen molar-refractivity contribution in [1.82, 2.24) is 0 Å². The zero-order valence-electron chi connectivity index (χ0n) is 9.43. The predicted octanol–water partition coefficient (Wildman–Crippen LogP) is 2.01. The van der Waals surface area contributed by atoms with Crippen molar-refractivity contribution in [3.8, 4) is 0 Å². The number of carbonyl (C=O) groups is 1. The van der Waals surface area contributed by atoms with Crippen LogP contribution in [0.5, 0.6) is 0 Å². The molecule has 82 valence electrons. The van der Waals surface area contributed by atoms with E-state index in [0.29, 0.717) is 13.2 Å². The topological polar surface area (TPSA) is 52.3 Å². The van der Waals surface area contributed by atoms with Gasteiger partial charge in [-0.05, 0) is 39.7 Å². The molecule has 0 atom stereocenters. The maximum Gasteiger partial charge on any atom is 0.333 e. The third-order valence-corrected chi connectivity index (χ3v) is 2.22. The molecule has 0 aliphatic rings. The molecule has 0 bridgehead atoms. The van der Waals surface area contributed by atoms with E-state index < -0.39 is 0 Å². The second kappa shape index (κ2) is 7.56. The van der Waals surface area contributed by atoms with E-state index in [1.165, 1.54) is 0 Å². The number of hydrogen-bond donors (Lipinski definition) is 1. The summed E-state index contributed by atoms with van der Waals surface area (Å²) in [5.41, 5.74) is 7.34. The third-order valence-electron chi connectivity index (χ3n) is 2.22. The Labute approximate surface area is 86.3 Å². The number of nitrogens with two attached hydrogens (primary N) is 1. The van der Waals surface area contributed by atoms with E-state index in [-0.39, 0.29) is 5.97 Å². The molecule has 0 fully saturated rings. The first kappa shape index (κ1) is 13.2. The molecule has 0 aliphatic heterocycles. The van der Waals surface area contributed by atoms with Crippen LogP contribution < -0.4 is 5.73 Å². The van der Waals surface area contributed by atoms with Crippen LogP contribution in [-0.2, 0) is 9.53 Å². The minimum atomic E-state index is -0.193. The van der Waals surface area contributed by atoms with Gasteiger partial charge in [-0.15, -0.1) is 0 Å². The van der Waals surface area contributed by atoms with Crippen molar-refractivity contribution in [2.45, 2.75) is 40.0 Å². The first-order valence-electron chi connectivity index (χ1n) is 5.23. The van der Waals surface area contributed by atoms with Crippen molar-refractivity contribution in [3.63, 3.8) is 0 Å². The molecule has 0 unspecified atom stereocenters. The van der Waals surface area contributed by atoms with Gasteiger partial charge in [0, 0.05) is 5.57 Å².